The second-order valence-electron chi connectivity index (χ2n) is 2.68. The number of hydrogen-bond acceptors (Lipinski definition) is 1. The molecule has 1 heterocycles. The van der Waals surface area contributed by atoms with Crippen molar-refractivity contribution in [1.82, 2.24) is 4.90 Å². The second-order valence-corrected chi connectivity index (χ2v) is 2.68. The van der Waals surface area contributed by atoms with Gasteiger partial charge in [0.05, 0.1) is 0 Å². The number of terminal acetylenes is 1. The standard InChI is InChI=1S/C8H11NO2/c1-2-4-7-5-3-6-9(7)8(10)11/h1,7H,3-6H2,(H,10,11). The number of hydrogen-bond donors (Lipinski definition) is 1. The summed E-state index contributed by atoms with van der Waals surface area (Å²) in [5.41, 5.74) is 0. The molecule has 1 atom stereocenters. The second kappa shape index (κ2) is 3.29. The summed E-state index contributed by atoms with van der Waals surface area (Å²) in [7, 11) is 0. The summed E-state index contributed by atoms with van der Waals surface area (Å²) in [6, 6.07) is 0.0671. The van der Waals surface area contributed by atoms with Gasteiger partial charge in [-0.05, 0) is 12.8 Å². The Morgan fingerprint density at radius 2 is 2.55 bits per heavy atom. The fourth-order valence-electron chi connectivity index (χ4n) is 1.44. The molecule has 1 fully saturated rings. The summed E-state index contributed by atoms with van der Waals surface area (Å²) in [6.07, 6.45) is 6.66. The molecule has 0 saturated carbocycles. The quantitative estimate of drug-likeness (QED) is 0.574. The lowest BCUT2D eigenvalue weighted by Gasteiger charge is -2.18. The monoisotopic (exact) mass is 153 g/mol. The molecule has 0 aromatic rings. The first-order valence-corrected chi connectivity index (χ1v) is 3.68. The molecule has 1 aliphatic rings. The highest BCUT2D eigenvalue weighted by molar-refractivity contribution is 5.65. The van der Waals surface area contributed by atoms with Crippen molar-refractivity contribution in [2.45, 2.75) is 25.3 Å². The van der Waals surface area contributed by atoms with E-state index in [1.807, 2.05) is 0 Å². The van der Waals surface area contributed by atoms with Crippen LogP contribution in [0.2, 0.25) is 0 Å². The van der Waals surface area contributed by atoms with Crippen molar-refractivity contribution >= 4 is 6.09 Å². The van der Waals surface area contributed by atoms with Gasteiger partial charge in [-0.3, -0.25) is 0 Å². The summed E-state index contributed by atoms with van der Waals surface area (Å²) in [5, 5.41) is 8.67. The molecule has 3 heteroatoms. The van der Waals surface area contributed by atoms with E-state index in [0.717, 1.165) is 12.8 Å². The van der Waals surface area contributed by atoms with Crippen LogP contribution in [0, 0.1) is 12.3 Å². The molecule has 0 bridgehead atoms. The van der Waals surface area contributed by atoms with Crippen molar-refractivity contribution in [2.75, 3.05) is 6.54 Å². The van der Waals surface area contributed by atoms with Gasteiger partial charge < -0.3 is 10.0 Å². The van der Waals surface area contributed by atoms with Gasteiger partial charge in [0.1, 0.15) is 0 Å². The van der Waals surface area contributed by atoms with E-state index in [1.165, 1.54) is 4.90 Å². The third-order valence-corrected chi connectivity index (χ3v) is 1.98. The molecule has 1 aliphatic heterocycles. The lowest BCUT2D eigenvalue weighted by atomic mass is 10.1. The summed E-state index contributed by atoms with van der Waals surface area (Å²) >= 11 is 0. The molecule has 0 aromatic heterocycles. The Morgan fingerprint density at radius 3 is 3.09 bits per heavy atom. The van der Waals surface area contributed by atoms with Gasteiger partial charge in [0.2, 0.25) is 0 Å². The highest BCUT2D eigenvalue weighted by Gasteiger charge is 2.27. The predicted molar refractivity (Wildman–Crippen MR) is 41.2 cm³/mol. The van der Waals surface area contributed by atoms with Gasteiger partial charge in [-0.15, -0.1) is 12.3 Å². The van der Waals surface area contributed by atoms with Gasteiger partial charge in [0, 0.05) is 19.0 Å². The van der Waals surface area contributed by atoms with E-state index in [1.54, 1.807) is 0 Å². The number of nitrogens with zero attached hydrogens (tertiary/aromatic N) is 1. The molecular weight excluding hydrogens is 142 g/mol. The average Bonchev–Trinajstić information content (AvgIpc) is 2.36. The van der Waals surface area contributed by atoms with Gasteiger partial charge in [-0.1, -0.05) is 0 Å². The van der Waals surface area contributed by atoms with Gasteiger partial charge in [-0.25, -0.2) is 4.79 Å². The molecule has 60 valence electrons. The summed E-state index contributed by atoms with van der Waals surface area (Å²) in [5.74, 6) is 2.49. The van der Waals surface area contributed by atoms with Crippen molar-refractivity contribution in [3.63, 3.8) is 0 Å². The first kappa shape index (κ1) is 7.93. The van der Waals surface area contributed by atoms with Crippen LogP contribution in [-0.2, 0) is 0 Å². The van der Waals surface area contributed by atoms with Crippen LogP contribution in [0.4, 0.5) is 4.79 Å². The van der Waals surface area contributed by atoms with Gasteiger partial charge >= 0.3 is 6.09 Å². The highest BCUT2D eigenvalue weighted by Crippen LogP contribution is 2.19. The van der Waals surface area contributed by atoms with Gasteiger partial charge in [0.25, 0.3) is 0 Å². The lowest BCUT2D eigenvalue weighted by molar-refractivity contribution is 0.141. The largest absolute Gasteiger partial charge is 0.465 e. The molecule has 1 saturated heterocycles. The zero-order valence-corrected chi connectivity index (χ0v) is 6.29. The van der Waals surface area contributed by atoms with Crippen molar-refractivity contribution in [1.29, 1.82) is 0 Å². The van der Waals surface area contributed by atoms with Crippen molar-refractivity contribution < 1.29 is 9.90 Å². The maximum Gasteiger partial charge on any atom is 0.407 e. The van der Waals surface area contributed by atoms with Crippen molar-refractivity contribution in [3.8, 4) is 12.3 Å². The first-order valence-electron chi connectivity index (χ1n) is 3.68. The lowest BCUT2D eigenvalue weighted by Crippen LogP contribution is -2.33. The molecule has 0 aromatic carbocycles. The van der Waals surface area contributed by atoms with Crippen LogP contribution in [0.1, 0.15) is 19.3 Å². The minimum atomic E-state index is -0.845. The molecule has 1 amide bonds. The smallest absolute Gasteiger partial charge is 0.407 e. The van der Waals surface area contributed by atoms with E-state index >= 15 is 0 Å². The first-order chi connectivity index (χ1) is 5.25. The minimum absolute atomic E-state index is 0.0671. The number of likely N-dealkylation sites (tertiary alicyclic amines) is 1. The fourth-order valence-corrected chi connectivity index (χ4v) is 1.44. The summed E-state index contributed by atoms with van der Waals surface area (Å²) in [6.45, 7) is 0.641. The van der Waals surface area contributed by atoms with Crippen LogP contribution in [0.3, 0.4) is 0 Å². The zero-order valence-electron chi connectivity index (χ0n) is 6.29. The van der Waals surface area contributed by atoms with Crippen LogP contribution in [0.5, 0.6) is 0 Å². The molecule has 1 unspecified atom stereocenters. The highest BCUT2D eigenvalue weighted by atomic mass is 16.4. The van der Waals surface area contributed by atoms with Crippen LogP contribution in [0.25, 0.3) is 0 Å². The summed E-state index contributed by atoms with van der Waals surface area (Å²) < 4.78 is 0. The van der Waals surface area contributed by atoms with Gasteiger partial charge in [-0.2, -0.15) is 0 Å². The van der Waals surface area contributed by atoms with Crippen LogP contribution in [0.15, 0.2) is 0 Å². The molecular formula is C8H11NO2. The molecule has 0 aliphatic carbocycles. The number of carbonyl (C=O) groups is 1. The molecule has 0 spiro atoms. The van der Waals surface area contributed by atoms with Crippen LogP contribution >= 0.6 is 0 Å². The molecule has 11 heavy (non-hydrogen) atoms. The Morgan fingerprint density at radius 1 is 1.82 bits per heavy atom. The number of carboxylic acid groups (broad SMARTS) is 1. The molecule has 3 nitrogen and oxygen atoms in total. The number of rotatable bonds is 1. The molecule has 1 rings (SSSR count). The Labute approximate surface area is 66.0 Å². The maximum absolute atomic E-state index is 10.5. The zero-order chi connectivity index (χ0) is 8.27. The topological polar surface area (TPSA) is 40.5 Å². The third kappa shape index (κ3) is 1.64. The van der Waals surface area contributed by atoms with E-state index in [-0.39, 0.29) is 6.04 Å². The Hall–Kier alpha value is -1.17. The summed E-state index contributed by atoms with van der Waals surface area (Å²) in [4.78, 5) is 12.0. The normalized spacial score (nSPS) is 23.2. The Kier molecular flexibility index (Phi) is 2.37. The van der Waals surface area contributed by atoms with E-state index < -0.39 is 6.09 Å². The molecule has 1 N–H and O–H groups in total. The van der Waals surface area contributed by atoms with Crippen molar-refractivity contribution in [2.24, 2.45) is 0 Å². The van der Waals surface area contributed by atoms with Crippen molar-refractivity contribution in [3.05, 3.63) is 0 Å². The fraction of sp³-hybridized carbons (Fsp3) is 0.625. The van der Waals surface area contributed by atoms with E-state index in [2.05, 4.69) is 5.92 Å². The Balaban J connectivity index is 2.52. The minimum Gasteiger partial charge on any atom is -0.465 e. The average molecular weight is 153 g/mol. The maximum atomic E-state index is 10.5. The number of amides is 1. The Bertz CT molecular complexity index is 195. The predicted octanol–water partition coefficient (Wildman–Crippen LogP) is 1.15. The van der Waals surface area contributed by atoms with E-state index in [9.17, 15) is 4.79 Å². The third-order valence-electron chi connectivity index (χ3n) is 1.98. The van der Waals surface area contributed by atoms with Crippen LogP contribution in [-0.4, -0.2) is 28.7 Å². The SMILES string of the molecule is C#CCC1CCCN1C(=O)O. The van der Waals surface area contributed by atoms with Gasteiger partial charge in [0.15, 0.2) is 0 Å². The van der Waals surface area contributed by atoms with E-state index in [4.69, 9.17) is 11.5 Å². The molecule has 0 radical (unpaired) electrons. The van der Waals surface area contributed by atoms with Crippen LogP contribution < -0.4 is 0 Å². The van der Waals surface area contributed by atoms with E-state index in [0.29, 0.717) is 13.0 Å².